The van der Waals surface area contributed by atoms with E-state index in [0.717, 1.165) is 5.56 Å². The molecule has 0 aromatic heterocycles. The van der Waals surface area contributed by atoms with Crippen LogP contribution in [0.5, 0.6) is 0 Å². The minimum absolute atomic E-state index is 0.0527. The van der Waals surface area contributed by atoms with Crippen molar-refractivity contribution in [2.75, 3.05) is 23.2 Å². The van der Waals surface area contributed by atoms with E-state index >= 15 is 0 Å². The largest absolute Gasteiger partial charge is 0.395 e. The topological polar surface area (TPSA) is 57.6 Å². The van der Waals surface area contributed by atoms with Crippen molar-refractivity contribution >= 4 is 15.7 Å². The molecule has 5 heteroatoms. The van der Waals surface area contributed by atoms with Gasteiger partial charge in [-0.05, 0) is 30.7 Å². The SMILES string of the molecule is O=S1(=O)CCCN1c1ccc(C#CCCO)cc1. The average Bonchev–Trinajstić information content (AvgIpc) is 2.70. The Morgan fingerprint density at radius 1 is 1.28 bits per heavy atom. The van der Waals surface area contributed by atoms with E-state index in [4.69, 9.17) is 5.11 Å². The molecule has 0 radical (unpaired) electrons. The maximum absolute atomic E-state index is 11.7. The molecule has 0 bridgehead atoms. The number of nitrogens with zero attached hydrogens (tertiary/aromatic N) is 1. The zero-order chi connectivity index (χ0) is 13.0. The van der Waals surface area contributed by atoms with E-state index in [1.54, 1.807) is 24.3 Å². The molecule has 4 nitrogen and oxygen atoms in total. The standard InChI is InChI=1S/C13H15NO3S/c15-10-2-1-4-12-5-7-13(8-6-12)14-9-3-11-18(14,16)17/h5-8,15H,2-3,9-11H2. The molecule has 0 aliphatic carbocycles. The molecule has 0 atom stereocenters. The summed E-state index contributed by atoms with van der Waals surface area (Å²) in [5.74, 6) is 5.96. The lowest BCUT2D eigenvalue weighted by molar-refractivity contribution is 0.305. The molecular weight excluding hydrogens is 250 g/mol. The van der Waals surface area contributed by atoms with Crippen molar-refractivity contribution in [2.45, 2.75) is 12.8 Å². The van der Waals surface area contributed by atoms with Crippen LogP contribution in [-0.2, 0) is 10.0 Å². The second kappa shape index (κ2) is 5.42. The third-order valence-corrected chi connectivity index (χ3v) is 4.59. The Hall–Kier alpha value is -1.51. The first kappa shape index (κ1) is 12.9. The number of sulfonamides is 1. The first-order chi connectivity index (χ1) is 8.63. The van der Waals surface area contributed by atoms with E-state index in [1.807, 2.05) is 0 Å². The lowest BCUT2D eigenvalue weighted by Gasteiger charge is -2.16. The molecule has 1 N–H and O–H groups in total. The maximum Gasteiger partial charge on any atom is 0.235 e. The molecule has 18 heavy (non-hydrogen) atoms. The number of aliphatic hydroxyl groups excluding tert-OH is 1. The van der Waals surface area contributed by atoms with Gasteiger partial charge in [-0.15, -0.1) is 0 Å². The van der Waals surface area contributed by atoms with Crippen LogP contribution in [0.3, 0.4) is 0 Å². The summed E-state index contributed by atoms with van der Waals surface area (Å²) >= 11 is 0. The summed E-state index contributed by atoms with van der Waals surface area (Å²) in [5, 5.41) is 8.61. The van der Waals surface area contributed by atoms with Crippen LogP contribution in [0.2, 0.25) is 0 Å². The maximum atomic E-state index is 11.7. The van der Waals surface area contributed by atoms with Crippen LogP contribution < -0.4 is 4.31 Å². The smallest absolute Gasteiger partial charge is 0.235 e. The quantitative estimate of drug-likeness (QED) is 0.810. The highest BCUT2D eigenvalue weighted by Gasteiger charge is 2.28. The van der Waals surface area contributed by atoms with Crippen molar-refractivity contribution in [3.05, 3.63) is 29.8 Å². The fourth-order valence-corrected chi connectivity index (χ4v) is 3.43. The normalized spacial score (nSPS) is 17.3. The third kappa shape index (κ3) is 2.84. The molecule has 1 fully saturated rings. The van der Waals surface area contributed by atoms with Crippen LogP contribution in [0.25, 0.3) is 0 Å². The van der Waals surface area contributed by atoms with E-state index in [9.17, 15) is 8.42 Å². The number of rotatable bonds is 2. The third-order valence-electron chi connectivity index (χ3n) is 2.72. The summed E-state index contributed by atoms with van der Waals surface area (Å²) in [6.07, 6.45) is 1.13. The van der Waals surface area contributed by atoms with Crippen LogP contribution in [0.15, 0.2) is 24.3 Å². The molecule has 1 aliphatic heterocycles. The van der Waals surface area contributed by atoms with E-state index < -0.39 is 10.0 Å². The molecule has 2 rings (SSSR count). The van der Waals surface area contributed by atoms with Crippen molar-refractivity contribution in [1.82, 2.24) is 0 Å². The van der Waals surface area contributed by atoms with E-state index in [0.29, 0.717) is 25.1 Å². The van der Waals surface area contributed by atoms with Gasteiger partial charge in [-0.3, -0.25) is 4.31 Å². The van der Waals surface area contributed by atoms with Gasteiger partial charge in [-0.1, -0.05) is 11.8 Å². The van der Waals surface area contributed by atoms with Crippen LogP contribution >= 0.6 is 0 Å². The Morgan fingerprint density at radius 2 is 2.00 bits per heavy atom. The second-order valence-corrected chi connectivity index (χ2v) is 6.08. The van der Waals surface area contributed by atoms with E-state index in [2.05, 4.69) is 11.8 Å². The van der Waals surface area contributed by atoms with Gasteiger partial charge in [0.2, 0.25) is 10.0 Å². The fraction of sp³-hybridized carbons (Fsp3) is 0.385. The Labute approximate surface area is 107 Å². The van der Waals surface area contributed by atoms with E-state index in [-0.39, 0.29) is 12.4 Å². The number of anilines is 1. The zero-order valence-electron chi connectivity index (χ0n) is 9.96. The van der Waals surface area contributed by atoms with Gasteiger partial charge in [0, 0.05) is 18.5 Å². The van der Waals surface area contributed by atoms with Gasteiger partial charge in [0.25, 0.3) is 0 Å². The first-order valence-electron chi connectivity index (χ1n) is 5.84. The molecule has 1 heterocycles. The van der Waals surface area contributed by atoms with Gasteiger partial charge in [0.1, 0.15) is 0 Å². The summed E-state index contributed by atoms with van der Waals surface area (Å²) < 4.78 is 24.9. The molecule has 1 aromatic carbocycles. The summed E-state index contributed by atoms with van der Waals surface area (Å²) in [4.78, 5) is 0. The van der Waals surface area contributed by atoms with Crippen molar-refractivity contribution in [3.63, 3.8) is 0 Å². The Morgan fingerprint density at radius 3 is 2.56 bits per heavy atom. The van der Waals surface area contributed by atoms with Crippen LogP contribution in [0.4, 0.5) is 5.69 Å². The average molecular weight is 265 g/mol. The Balaban J connectivity index is 2.16. The van der Waals surface area contributed by atoms with Gasteiger partial charge in [-0.2, -0.15) is 0 Å². The zero-order valence-corrected chi connectivity index (χ0v) is 10.8. The molecule has 96 valence electrons. The molecule has 0 amide bonds. The minimum Gasteiger partial charge on any atom is -0.395 e. The highest BCUT2D eigenvalue weighted by atomic mass is 32.2. The van der Waals surface area contributed by atoms with Crippen LogP contribution in [0, 0.1) is 11.8 Å². The predicted molar refractivity (Wildman–Crippen MR) is 70.8 cm³/mol. The van der Waals surface area contributed by atoms with Gasteiger partial charge in [0.15, 0.2) is 0 Å². The van der Waals surface area contributed by atoms with Crippen molar-refractivity contribution in [3.8, 4) is 11.8 Å². The highest BCUT2D eigenvalue weighted by Crippen LogP contribution is 2.23. The summed E-state index contributed by atoms with van der Waals surface area (Å²) in [6.45, 7) is 0.606. The molecule has 1 aromatic rings. The monoisotopic (exact) mass is 265 g/mol. The van der Waals surface area contributed by atoms with Gasteiger partial charge >= 0.3 is 0 Å². The molecular formula is C13H15NO3S. The number of benzene rings is 1. The Kier molecular flexibility index (Phi) is 3.90. The fourth-order valence-electron chi connectivity index (χ4n) is 1.86. The molecule has 0 saturated carbocycles. The highest BCUT2D eigenvalue weighted by molar-refractivity contribution is 7.93. The number of hydrogen-bond donors (Lipinski definition) is 1. The van der Waals surface area contributed by atoms with Gasteiger partial charge in [0.05, 0.1) is 18.0 Å². The Bertz CT molecular complexity index is 566. The van der Waals surface area contributed by atoms with Crippen molar-refractivity contribution < 1.29 is 13.5 Å². The summed E-state index contributed by atoms with van der Waals surface area (Å²) in [5.41, 5.74) is 1.52. The van der Waals surface area contributed by atoms with Crippen LogP contribution in [-0.4, -0.2) is 32.4 Å². The number of hydrogen-bond acceptors (Lipinski definition) is 3. The van der Waals surface area contributed by atoms with Crippen molar-refractivity contribution in [2.24, 2.45) is 0 Å². The van der Waals surface area contributed by atoms with Gasteiger partial charge < -0.3 is 5.11 Å². The van der Waals surface area contributed by atoms with E-state index in [1.165, 1.54) is 4.31 Å². The second-order valence-electron chi connectivity index (χ2n) is 4.06. The minimum atomic E-state index is -3.11. The van der Waals surface area contributed by atoms with Gasteiger partial charge in [-0.25, -0.2) is 8.42 Å². The molecule has 0 spiro atoms. The number of aliphatic hydroxyl groups is 1. The molecule has 0 unspecified atom stereocenters. The summed E-state index contributed by atoms with van der Waals surface area (Å²) in [6, 6.07) is 7.14. The van der Waals surface area contributed by atoms with Crippen LogP contribution in [0.1, 0.15) is 18.4 Å². The molecule has 1 saturated heterocycles. The molecule has 1 aliphatic rings. The summed E-state index contributed by atoms with van der Waals surface area (Å²) in [7, 11) is -3.11. The predicted octanol–water partition coefficient (Wildman–Crippen LogP) is 0.960. The van der Waals surface area contributed by atoms with Crippen molar-refractivity contribution in [1.29, 1.82) is 0 Å². The lowest BCUT2D eigenvalue weighted by atomic mass is 10.2. The first-order valence-corrected chi connectivity index (χ1v) is 7.44. The lowest BCUT2D eigenvalue weighted by Crippen LogP contribution is -2.24.